The van der Waals surface area contributed by atoms with Crippen LogP contribution in [0.4, 0.5) is 0 Å². The minimum absolute atomic E-state index is 0.290. The Kier molecular flexibility index (Phi) is 5.72. The fourth-order valence-corrected chi connectivity index (χ4v) is 3.34. The summed E-state index contributed by atoms with van der Waals surface area (Å²) in [4.78, 5) is 6.71. The molecule has 4 nitrogen and oxygen atoms in total. The predicted octanol–water partition coefficient (Wildman–Crippen LogP) is 2.23. The molecular weight excluding hydrogens is 260 g/mol. The van der Waals surface area contributed by atoms with E-state index < -0.39 is 0 Å². The minimum atomic E-state index is -0.290. The third kappa shape index (κ3) is 4.03. The molecule has 0 bridgehead atoms. The van der Waals surface area contributed by atoms with E-state index in [1.54, 1.807) is 0 Å². The molecule has 1 aliphatic rings. The molecule has 0 radical (unpaired) electrons. The Morgan fingerprint density at radius 1 is 1.48 bits per heavy atom. The molecule has 2 rings (SSSR count). The van der Waals surface area contributed by atoms with Gasteiger partial charge >= 0.3 is 0 Å². The molecule has 1 aromatic rings. The molecule has 1 heterocycles. The van der Waals surface area contributed by atoms with E-state index in [9.17, 15) is 5.26 Å². The van der Waals surface area contributed by atoms with E-state index in [-0.39, 0.29) is 5.54 Å². The Morgan fingerprint density at radius 3 is 3.00 bits per heavy atom. The van der Waals surface area contributed by atoms with Crippen molar-refractivity contribution in [2.45, 2.75) is 37.6 Å². The van der Waals surface area contributed by atoms with Gasteiger partial charge in [0.2, 0.25) is 0 Å². The second-order valence-corrected chi connectivity index (χ2v) is 6.09. The first-order valence-electron chi connectivity index (χ1n) is 7.89. The van der Waals surface area contributed by atoms with Crippen LogP contribution >= 0.6 is 0 Å². The summed E-state index contributed by atoms with van der Waals surface area (Å²) < 4.78 is 0. The molecule has 21 heavy (non-hydrogen) atoms. The molecule has 0 amide bonds. The third-order valence-electron chi connectivity index (χ3n) is 4.80. The van der Waals surface area contributed by atoms with Crippen LogP contribution < -0.4 is 5.32 Å². The molecule has 4 heteroatoms. The summed E-state index contributed by atoms with van der Waals surface area (Å²) >= 11 is 0. The molecule has 1 fully saturated rings. The van der Waals surface area contributed by atoms with Crippen molar-refractivity contribution in [1.29, 1.82) is 5.26 Å². The molecule has 0 spiro atoms. The Labute approximate surface area is 128 Å². The van der Waals surface area contributed by atoms with Crippen molar-refractivity contribution in [1.82, 2.24) is 15.2 Å². The van der Waals surface area contributed by atoms with Crippen LogP contribution in [0.1, 0.15) is 31.4 Å². The van der Waals surface area contributed by atoms with Gasteiger partial charge in [0.15, 0.2) is 0 Å². The van der Waals surface area contributed by atoms with Crippen LogP contribution in [0.5, 0.6) is 0 Å². The zero-order valence-electron chi connectivity index (χ0n) is 13.2. The molecular formula is C17H26N4. The maximum absolute atomic E-state index is 9.47. The van der Waals surface area contributed by atoms with Crippen molar-refractivity contribution >= 4 is 0 Å². The van der Waals surface area contributed by atoms with E-state index in [1.165, 1.54) is 6.42 Å². The number of likely N-dealkylation sites (N-methyl/N-ethyl adjacent to an activating group) is 1. The van der Waals surface area contributed by atoms with Gasteiger partial charge < -0.3 is 10.2 Å². The largest absolute Gasteiger partial charge is 0.306 e. The van der Waals surface area contributed by atoms with Crippen molar-refractivity contribution in [3.05, 3.63) is 30.1 Å². The highest BCUT2D eigenvalue weighted by Crippen LogP contribution is 2.37. The molecule has 0 saturated heterocycles. The topological polar surface area (TPSA) is 52.0 Å². The minimum Gasteiger partial charge on any atom is -0.306 e. The lowest BCUT2D eigenvalue weighted by atomic mass is 9.86. The normalized spacial score (nSPS) is 25.1. The Hall–Kier alpha value is -1.44. The Balaban J connectivity index is 1.76. The third-order valence-corrected chi connectivity index (χ3v) is 4.80. The number of nitrogens with one attached hydrogen (secondary N) is 1. The smallest absolute Gasteiger partial charge is 0.109 e. The lowest BCUT2D eigenvalue weighted by Crippen LogP contribution is -2.45. The summed E-state index contributed by atoms with van der Waals surface area (Å²) in [6, 6.07) is 8.58. The molecule has 1 aromatic heterocycles. The van der Waals surface area contributed by atoms with Gasteiger partial charge in [-0.1, -0.05) is 12.5 Å². The fraction of sp³-hybridized carbons (Fsp3) is 0.647. The number of pyridine rings is 1. The zero-order chi connectivity index (χ0) is 15.1. The van der Waals surface area contributed by atoms with Crippen LogP contribution in [0.3, 0.4) is 0 Å². The van der Waals surface area contributed by atoms with E-state index in [2.05, 4.69) is 34.4 Å². The van der Waals surface area contributed by atoms with E-state index in [0.717, 1.165) is 44.5 Å². The predicted molar refractivity (Wildman–Crippen MR) is 84.8 cm³/mol. The molecule has 0 aliphatic heterocycles. The maximum atomic E-state index is 9.47. The van der Waals surface area contributed by atoms with Crippen molar-refractivity contribution in [2.24, 2.45) is 5.92 Å². The van der Waals surface area contributed by atoms with Gasteiger partial charge in [-0.25, -0.2) is 0 Å². The van der Waals surface area contributed by atoms with Gasteiger partial charge in [0, 0.05) is 24.9 Å². The van der Waals surface area contributed by atoms with E-state index in [4.69, 9.17) is 0 Å². The van der Waals surface area contributed by atoms with Crippen molar-refractivity contribution in [3.63, 3.8) is 0 Å². The van der Waals surface area contributed by atoms with E-state index in [0.29, 0.717) is 5.92 Å². The Morgan fingerprint density at radius 2 is 2.33 bits per heavy atom. The first-order valence-corrected chi connectivity index (χ1v) is 7.89. The summed E-state index contributed by atoms with van der Waals surface area (Å²) in [5, 5.41) is 12.7. The quantitative estimate of drug-likeness (QED) is 0.835. The van der Waals surface area contributed by atoms with Crippen LogP contribution in [-0.2, 0) is 6.42 Å². The average Bonchev–Trinajstić information content (AvgIpc) is 2.95. The van der Waals surface area contributed by atoms with Gasteiger partial charge in [0.1, 0.15) is 5.54 Å². The van der Waals surface area contributed by atoms with Crippen molar-refractivity contribution in [2.75, 3.05) is 27.2 Å². The molecule has 1 N–H and O–H groups in total. The highest BCUT2D eigenvalue weighted by molar-refractivity contribution is 5.13. The molecule has 114 valence electrons. The number of rotatable bonds is 7. The standard InChI is InChI=1S/C17H26N4/c1-19-17(14-18)10-5-6-15(17)8-12-21(2)13-9-16-7-3-4-11-20-16/h3-4,7,11,15,19H,5-6,8-10,12-13H2,1-2H3. The summed E-state index contributed by atoms with van der Waals surface area (Å²) in [7, 11) is 4.08. The van der Waals surface area contributed by atoms with Gasteiger partial charge in [-0.15, -0.1) is 0 Å². The van der Waals surface area contributed by atoms with Crippen LogP contribution in [0, 0.1) is 17.2 Å². The van der Waals surface area contributed by atoms with Gasteiger partial charge in [0.05, 0.1) is 6.07 Å². The van der Waals surface area contributed by atoms with Crippen LogP contribution in [-0.4, -0.2) is 42.6 Å². The van der Waals surface area contributed by atoms with E-state index >= 15 is 0 Å². The SMILES string of the molecule is CNC1(C#N)CCCC1CCN(C)CCc1ccccn1. The maximum Gasteiger partial charge on any atom is 0.109 e. The number of nitriles is 1. The summed E-state index contributed by atoms with van der Waals surface area (Å²) in [5.41, 5.74) is 0.855. The summed E-state index contributed by atoms with van der Waals surface area (Å²) in [6.45, 7) is 2.06. The molecule has 1 aliphatic carbocycles. The molecule has 2 atom stereocenters. The van der Waals surface area contributed by atoms with Crippen LogP contribution in [0.2, 0.25) is 0 Å². The van der Waals surface area contributed by atoms with Gasteiger partial charge in [0.25, 0.3) is 0 Å². The molecule has 1 saturated carbocycles. The van der Waals surface area contributed by atoms with Crippen molar-refractivity contribution in [3.8, 4) is 6.07 Å². The van der Waals surface area contributed by atoms with Crippen LogP contribution in [0.15, 0.2) is 24.4 Å². The number of nitrogens with zero attached hydrogens (tertiary/aromatic N) is 3. The van der Waals surface area contributed by atoms with Gasteiger partial charge in [-0.3, -0.25) is 4.98 Å². The highest BCUT2D eigenvalue weighted by Gasteiger charge is 2.41. The monoisotopic (exact) mass is 286 g/mol. The van der Waals surface area contributed by atoms with Crippen molar-refractivity contribution < 1.29 is 0 Å². The zero-order valence-corrected chi connectivity index (χ0v) is 13.2. The lowest BCUT2D eigenvalue weighted by molar-refractivity contribution is 0.258. The average molecular weight is 286 g/mol. The fourth-order valence-electron chi connectivity index (χ4n) is 3.34. The van der Waals surface area contributed by atoms with Crippen LogP contribution in [0.25, 0.3) is 0 Å². The first-order chi connectivity index (χ1) is 10.2. The highest BCUT2D eigenvalue weighted by atomic mass is 15.1. The second-order valence-electron chi connectivity index (χ2n) is 6.09. The van der Waals surface area contributed by atoms with Gasteiger partial charge in [-0.05, 0) is 58.0 Å². The van der Waals surface area contributed by atoms with E-state index in [1.807, 2.05) is 25.4 Å². The summed E-state index contributed by atoms with van der Waals surface area (Å²) in [6.07, 6.45) is 7.24. The molecule has 0 aromatic carbocycles. The second kappa shape index (κ2) is 7.53. The number of hydrogen-bond acceptors (Lipinski definition) is 4. The number of aromatic nitrogens is 1. The molecule has 2 unspecified atom stereocenters. The number of hydrogen-bond donors (Lipinski definition) is 1. The van der Waals surface area contributed by atoms with Gasteiger partial charge in [-0.2, -0.15) is 5.26 Å². The lowest BCUT2D eigenvalue weighted by Gasteiger charge is -2.29. The first kappa shape index (κ1) is 15.9. The summed E-state index contributed by atoms with van der Waals surface area (Å²) in [5.74, 6) is 0.477. The Bertz CT molecular complexity index is 467.